The molecule has 0 aliphatic carbocycles. The van der Waals surface area contributed by atoms with Crippen molar-refractivity contribution in [1.29, 1.82) is 0 Å². The van der Waals surface area contributed by atoms with Gasteiger partial charge in [0.2, 0.25) is 0 Å². The number of rotatable bonds is 2. The zero-order valence-electron chi connectivity index (χ0n) is 12.0. The molecular weight excluding hydrogens is 269 g/mol. The number of carbonyl (C=O) groups is 1. The third-order valence-corrected chi connectivity index (χ3v) is 4.08. The van der Waals surface area contributed by atoms with E-state index >= 15 is 0 Å². The number of H-pyrrole nitrogens is 1. The van der Waals surface area contributed by atoms with Crippen molar-refractivity contribution >= 4 is 5.91 Å². The van der Waals surface area contributed by atoms with Crippen LogP contribution < -0.4 is 0 Å². The molecule has 1 atom stereocenters. The summed E-state index contributed by atoms with van der Waals surface area (Å²) >= 11 is 0. The van der Waals surface area contributed by atoms with Gasteiger partial charge in [-0.3, -0.25) is 9.89 Å². The Morgan fingerprint density at radius 2 is 2.29 bits per heavy atom. The standard InChI is InChI=1S/C16H18FN3O/c1-11-9-12(4-5-14(11)17)16(21)20-8-2-3-13(10-20)15-6-7-18-19-15/h4-7,9,13H,2-3,8,10H2,1H3,(H,18,19). The summed E-state index contributed by atoms with van der Waals surface area (Å²) in [5.74, 6) is -0.00501. The van der Waals surface area contributed by atoms with Crippen molar-refractivity contribution in [3.05, 3.63) is 53.1 Å². The monoisotopic (exact) mass is 287 g/mol. The fourth-order valence-electron chi connectivity index (χ4n) is 2.87. The predicted octanol–water partition coefficient (Wildman–Crippen LogP) is 2.88. The number of nitrogens with zero attached hydrogens (tertiary/aromatic N) is 2. The molecule has 1 amide bonds. The molecule has 1 fully saturated rings. The highest BCUT2D eigenvalue weighted by atomic mass is 19.1. The van der Waals surface area contributed by atoms with Crippen LogP contribution in [0.15, 0.2) is 30.5 Å². The maximum absolute atomic E-state index is 13.3. The van der Waals surface area contributed by atoms with Crippen molar-refractivity contribution in [3.8, 4) is 0 Å². The molecule has 0 bridgehead atoms. The molecule has 21 heavy (non-hydrogen) atoms. The lowest BCUT2D eigenvalue weighted by Gasteiger charge is -2.32. The van der Waals surface area contributed by atoms with Gasteiger partial charge in [-0.25, -0.2) is 4.39 Å². The molecule has 0 radical (unpaired) electrons. The molecule has 1 unspecified atom stereocenters. The van der Waals surface area contributed by atoms with E-state index in [0.717, 1.165) is 25.1 Å². The van der Waals surface area contributed by atoms with Gasteiger partial charge in [0, 0.05) is 36.5 Å². The summed E-state index contributed by atoms with van der Waals surface area (Å²) in [6.45, 7) is 3.10. The van der Waals surface area contributed by atoms with Crippen LogP contribution in [-0.4, -0.2) is 34.1 Å². The van der Waals surface area contributed by atoms with Gasteiger partial charge in [0.1, 0.15) is 5.82 Å². The lowest BCUT2D eigenvalue weighted by molar-refractivity contribution is 0.0705. The van der Waals surface area contributed by atoms with Crippen LogP contribution in [0.3, 0.4) is 0 Å². The summed E-state index contributed by atoms with van der Waals surface area (Å²) in [5, 5.41) is 6.96. The molecule has 1 aliphatic rings. The molecular formula is C16H18FN3O. The van der Waals surface area contributed by atoms with E-state index in [-0.39, 0.29) is 11.7 Å². The lowest BCUT2D eigenvalue weighted by atomic mass is 9.94. The summed E-state index contributed by atoms with van der Waals surface area (Å²) in [6, 6.07) is 6.50. The first-order valence-electron chi connectivity index (χ1n) is 7.20. The summed E-state index contributed by atoms with van der Waals surface area (Å²) < 4.78 is 13.3. The zero-order chi connectivity index (χ0) is 14.8. The number of aromatic amines is 1. The van der Waals surface area contributed by atoms with E-state index in [1.807, 2.05) is 11.0 Å². The minimum absolute atomic E-state index is 0.0256. The third kappa shape index (κ3) is 2.82. The van der Waals surface area contributed by atoms with E-state index in [1.54, 1.807) is 25.3 Å². The first kappa shape index (κ1) is 13.8. The maximum atomic E-state index is 13.3. The van der Waals surface area contributed by atoms with Gasteiger partial charge in [-0.15, -0.1) is 0 Å². The highest BCUT2D eigenvalue weighted by Crippen LogP contribution is 2.26. The minimum Gasteiger partial charge on any atom is -0.338 e. The number of benzene rings is 1. The van der Waals surface area contributed by atoms with Crippen molar-refractivity contribution < 1.29 is 9.18 Å². The molecule has 0 spiro atoms. The molecule has 0 saturated carbocycles. The molecule has 1 aromatic carbocycles. The fraction of sp³-hybridized carbons (Fsp3) is 0.375. The second-order valence-electron chi connectivity index (χ2n) is 5.57. The third-order valence-electron chi connectivity index (χ3n) is 4.08. The Hall–Kier alpha value is -2.17. The number of aryl methyl sites for hydroxylation is 1. The van der Waals surface area contributed by atoms with E-state index in [2.05, 4.69) is 10.2 Å². The van der Waals surface area contributed by atoms with Gasteiger partial charge < -0.3 is 4.90 Å². The van der Waals surface area contributed by atoms with Gasteiger partial charge in [0.15, 0.2) is 0 Å². The Bertz CT molecular complexity index is 639. The molecule has 1 aromatic heterocycles. The van der Waals surface area contributed by atoms with Gasteiger partial charge in [0.05, 0.1) is 0 Å². The first-order valence-corrected chi connectivity index (χ1v) is 7.20. The number of hydrogen-bond acceptors (Lipinski definition) is 2. The number of carbonyl (C=O) groups excluding carboxylic acids is 1. The normalized spacial score (nSPS) is 18.8. The van der Waals surface area contributed by atoms with Gasteiger partial charge in [0.25, 0.3) is 5.91 Å². The number of likely N-dealkylation sites (tertiary alicyclic amines) is 1. The second-order valence-corrected chi connectivity index (χ2v) is 5.57. The number of nitrogens with one attached hydrogen (secondary N) is 1. The molecule has 110 valence electrons. The fourth-order valence-corrected chi connectivity index (χ4v) is 2.87. The van der Waals surface area contributed by atoms with Crippen LogP contribution >= 0.6 is 0 Å². The average molecular weight is 287 g/mol. The van der Waals surface area contributed by atoms with Gasteiger partial charge in [-0.2, -0.15) is 5.10 Å². The maximum Gasteiger partial charge on any atom is 0.253 e. The van der Waals surface area contributed by atoms with Crippen molar-refractivity contribution in [1.82, 2.24) is 15.1 Å². The minimum atomic E-state index is -0.277. The summed E-state index contributed by atoms with van der Waals surface area (Å²) in [6.07, 6.45) is 3.75. The lowest BCUT2D eigenvalue weighted by Crippen LogP contribution is -2.39. The van der Waals surface area contributed by atoms with Crippen molar-refractivity contribution in [3.63, 3.8) is 0 Å². The van der Waals surface area contributed by atoms with Gasteiger partial charge in [-0.05, 0) is 49.6 Å². The topological polar surface area (TPSA) is 49.0 Å². The highest BCUT2D eigenvalue weighted by Gasteiger charge is 2.26. The Morgan fingerprint density at radius 1 is 1.43 bits per heavy atom. The van der Waals surface area contributed by atoms with Crippen molar-refractivity contribution in [2.24, 2.45) is 0 Å². The molecule has 2 aromatic rings. The average Bonchev–Trinajstić information content (AvgIpc) is 3.04. The van der Waals surface area contributed by atoms with Crippen LogP contribution in [0.1, 0.15) is 40.4 Å². The van der Waals surface area contributed by atoms with E-state index in [1.165, 1.54) is 6.07 Å². The number of halogens is 1. The molecule has 2 heterocycles. The number of hydrogen-bond donors (Lipinski definition) is 1. The first-order chi connectivity index (χ1) is 10.1. The van der Waals surface area contributed by atoms with Crippen LogP contribution in [-0.2, 0) is 0 Å². The second kappa shape index (κ2) is 5.68. The van der Waals surface area contributed by atoms with E-state index < -0.39 is 0 Å². The van der Waals surface area contributed by atoms with Gasteiger partial charge in [-0.1, -0.05) is 0 Å². The van der Waals surface area contributed by atoms with Crippen LogP contribution in [0, 0.1) is 12.7 Å². The van der Waals surface area contributed by atoms with Crippen LogP contribution in [0.2, 0.25) is 0 Å². The van der Waals surface area contributed by atoms with Crippen LogP contribution in [0.4, 0.5) is 4.39 Å². The van der Waals surface area contributed by atoms with Crippen molar-refractivity contribution in [2.45, 2.75) is 25.7 Å². The summed E-state index contributed by atoms with van der Waals surface area (Å²) in [4.78, 5) is 14.4. The van der Waals surface area contributed by atoms with E-state index in [4.69, 9.17) is 0 Å². The summed E-state index contributed by atoms with van der Waals surface area (Å²) in [5.41, 5.74) is 2.13. The predicted molar refractivity (Wildman–Crippen MR) is 77.6 cm³/mol. The largest absolute Gasteiger partial charge is 0.338 e. The molecule has 3 rings (SSSR count). The molecule has 1 N–H and O–H groups in total. The smallest absolute Gasteiger partial charge is 0.253 e. The SMILES string of the molecule is Cc1cc(C(=O)N2CCCC(c3ccn[nH]3)C2)ccc1F. The molecule has 5 heteroatoms. The van der Waals surface area contributed by atoms with E-state index in [9.17, 15) is 9.18 Å². The molecule has 1 aliphatic heterocycles. The zero-order valence-corrected chi connectivity index (χ0v) is 12.0. The Kier molecular flexibility index (Phi) is 3.73. The highest BCUT2D eigenvalue weighted by molar-refractivity contribution is 5.94. The van der Waals surface area contributed by atoms with Gasteiger partial charge >= 0.3 is 0 Å². The molecule has 4 nitrogen and oxygen atoms in total. The Balaban J connectivity index is 1.76. The Morgan fingerprint density at radius 3 is 3.00 bits per heavy atom. The number of amides is 1. The molecule has 1 saturated heterocycles. The number of piperidine rings is 1. The van der Waals surface area contributed by atoms with E-state index in [0.29, 0.717) is 23.6 Å². The Labute approximate surface area is 123 Å². The van der Waals surface area contributed by atoms with Crippen LogP contribution in [0.5, 0.6) is 0 Å². The van der Waals surface area contributed by atoms with Crippen molar-refractivity contribution in [2.75, 3.05) is 13.1 Å². The number of aromatic nitrogens is 2. The summed E-state index contributed by atoms with van der Waals surface area (Å²) in [7, 11) is 0. The quantitative estimate of drug-likeness (QED) is 0.923. The van der Waals surface area contributed by atoms with Crippen LogP contribution in [0.25, 0.3) is 0 Å².